The van der Waals surface area contributed by atoms with Crippen molar-refractivity contribution in [1.82, 2.24) is 15.1 Å². The van der Waals surface area contributed by atoms with Gasteiger partial charge < -0.3 is 10.2 Å². The van der Waals surface area contributed by atoms with Crippen LogP contribution in [0.2, 0.25) is 0 Å². The fourth-order valence-corrected chi connectivity index (χ4v) is 2.49. The quantitative estimate of drug-likeness (QED) is 0.709. The molecule has 3 heteroatoms. The van der Waals surface area contributed by atoms with Gasteiger partial charge in [0.05, 0.1) is 0 Å². The van der Waals surface area contributed by atoms with Crippen molar-refractivity contribution in [1.29, 1.82) is 0 Å². The van der Waals surface area contributed by atoms with Gasteiger partial charge in [-0.2, -0.15) is 0 Å². The lowest BCUT2D eigenvalue weighted by Crippen LogP contribution is -2.47. The van der Waals surface area contributed by atoms with Crippen molar-refractivity contribution in [3.8, 4) is 0 Å². The van der Waals surface area contributed by atoms with E-state index in [0.29, 0.717) is 0 Å². The summed E-state index contributed by atoms with van der Waals surface area (Å²) in [6, 6.07) is 0.785. The van der Waals surface area contributed by atoms with Gasteiger partial charge in [-0.15, -0.1) is 0 Å². The van der Waals surface area contributed by atoms with E-state index >= 15 is 0 Å². The van der Waals surface area contributed by atoms with Gasteiger partial charge in [-0.25, -0.2) is 0 Å². The Hall–Kier alpha value is -0.120. The monoisotopic (exact) mass is 227 g/mol. The van der Waals surface area contributed by atoms with Crippen molar-refractivity contribution in [2.24, 2.45) is 0 Å². The Bertz CT molecular complexity index is 167. The Morgan fingerprint density at radius 2 is 1.94 bits per heavy atom. The van der Waals surface area contributed by atoms with E-state index in [4.69, 9.17) is 0 Å². The highest BCUT2D eigenvalue weighted by Gasteiger charge is 2.14. The standard InChI is InChI=1S/C13H29N3/c1-4-6-13(5-2)15(3)11-12-16-9-7-14-8-10-16/h13-14H,4-12H2,1-3H3. The van der Waals surface area contributed by atoms with Crippen LogP contribution in [0.1, 0.15) is 33.1 Å². The van der Waals surface area contributed by atoms with Crippen LogP contribution in [0.4, 0.5) is 0 Å². The minimum atomic E-state index is 0.785. The molecule has 0 aromatic carbocycles. The molecule has 0 radical (unpaired) electrons. The number of hydrogen-bond donors (Lipinski definition) is 1. The fraction of sp³-hybridized carbons (Fsp3) is 1.00. The zero-order valence-electron chi connectivity index (χ0n) is 11.3. The van der Waals surface area contributed by atoms with E-state index in [9.17, 15) is 0 Å². The predicted octanol–water partition coefficient (Wildman–Crippen LogP) is 1.40. The molecule has 96 valence electrons. The van der Waals surface area contributed by atoms with Crippen molar-refractivity contribution in [2.75, 3.05) is 46.3 Å². The lowest BCUT2D eigenvalue weighted by molar-refractivity contribution is 0.168. The molecule has 1 atom stereocenters. The second kappa shape index (κ2) is 8.04. The average molecular weight is 227 g/mol. The summed E-state index contributed by atoms with van der Waals surface area (Å²) in [5, 5.41) is 3.40. The first-order valence-electron chi connectivity index (χ1n) is 6.91. The number of hydrogen-bond acceptors (Lipinski definition) is 3. The second-order valence-corrected chi connectivity index (χ2v) is 4.92. The largest absolute Gasteiger partial charge is 0.314 e. The highest BCUT2D eigenvalue weighted by atomic mass is 15.2. The molecule has 0 aromatic rings. The molecule has 1 N–H and O–H groups in total. The first-order chi connectivity index (χ1) is 7.77. The first kappa shape index (κ1) is 13.9. The molecule has 0 bridgehead atoms. The van der Waals surface area contributed by atoms with E-state index in [1.165, 1.54) is 45.4 Å². The number of likely N-dealkylation sites (N-methyl/N-ethyl adjacent to an activating group) is 1. The third kappa shape index (κ3) is 4.81. The van der Waals surface area contributed by atoms with Crippen molar-refractivity contribution >= 4 is 0 Å². The van der Waals surface area contributed by atoms with Crippen molar-refractivity contribution in [2.45, 2.75) is 39.2 Å². The van der Waals surface area contributed by atoms with Crippen LogP contribution < -0.4 is 5.32 Å². The van der Waals surface area contributed by atoms with Gasteiger partial charge in [-0.05, 0) is 19.9 Å². The SMILES string of the molecule is CCCC(CC)N(C)CCN1CCNCC1. The molecular formula is C13H29N3. The molecule has 1 aliphatic rings. The lowest BCUT2D eigenvalue weighted by Gasteiger charge is -2.32. The fourth-order valence-electron chi connectivity index (χ4n) is 2.49. The van der Waals surface area contributed by atoms with Crippen molar-refractivity contribution < 1.29 is 0 Å². The third-order valence-corrected chi connectivity index (χ3v) is 3.70. The minimum Gasteiger partial charge on any atom is -0.314 e. The normalized spacial score (nSPS) is 20.2. The van der Waals surface area contributed by atoms with Crippen LogP contribution in [0.5, 0.6) is 0 Å². The molecule has 1 fully saturated rings. The zero-order valence-corrected chi connectivity index (χ0v) is 11.3. The van der Waals surface area contributed by atoms with Gasteiger partial charge in [0.15, 0.2) is 0 Å². The van der Waals surface area contributed by atoms with Gasteiger partial charge in [0.2, 0.25) is 0 Å². The van der Waals surface area contributed by atoms with Crippen LogP contribution in [0, 0.1) is 0 Å². The van der Waals surface area contributed by atoms with E-state index in [-0.39, 0.29) is 0 Å². The molecule has 1 heterocycles. The molecular weight excluding hydrogens is 198 g/mol. The second-order valence-electron chi connectivity index (χ2n) is 4.92. The molecule has 16 heavy (non-hydrogen) atoms. The topological polar surface area (TPSA) is 18.5 Å². The highest BCUT2D eigenvalue weighted by Crippen LogP contribution is 2.08. The Kier molecular flexibility index (Phi) is 7.01. The molecule has 3 nitrogen and oxygen atoms in total. The summed E-state index contributed by atoms with van der Waals surface area (Å²) < 4.78 is 0. The summed E-state index contributed by atoms with van der Waals surface area (Å²) in [7, 11) is 2.28. The number of nitrogens with one attached hydrogen (secondary N) is 1. The van der Waals surface area contributed by atoms with E-state index in [0.717, 1.165) is 19.1 Å². The predicted molar refractivity (Wildman–Crippen MR) is 70.9 cm³/mol. The van der Waals surface area contributed by atoms with Crippen LogP contribution >= 0.6 is 0 Å². The first-order valence-corrected chi connectivity index (χ1v) is 6.91. The maximum Gasteiger partial charge on any atom is 0.0110 e. The Morgan fingerprint density at radius 3 is 2.50 bits per heavy atom. The Labute approximate surface area is 101 Å². The van der Waals surface area contributed by atoms with Crippen molar-refractivity contribution in [3.63, 3.8) is 0 Å². The molecule has 0 aromatic heterocycles. The van der Waals surface area contributed by atoms with Gasteiger partial charge in [-0.1, -0.05) is 20.3 Å². The van der Waals surface area contributed by atoms with Crippen LogP contribution in [0.25, 0.3) is 0 Å². The van der Waals surface area contributed by atoms with Gasteiger partial charge in [0.1, 0.15) is 0 Å². The maximum atomic E-state index is 3.40. The molecule has 1 rings (SSSR count). The molecule has 1 unspecified atom stereocenters. The minimum absolute atomic E-state index is 0.785. The van der Waals surface area contributed by atoms with Crippen molar-refractivity contribution in [3.05, 3.63) is 0 Å². The molecule has 0 amide bonds. The summed E-state index contributed by atoms with van der Waals surface area (Å²) >= 11 is 0. The molecule has 0 saturated carbocycles. The molecule has 1 saturated heterocycles. The van der Waals surface area contributed by atoms with Gasteiger partial charge >= 0.3 is 0 Å². The Morgan fingerprint density at radius 1 is 1.25 bits per heavy atom. The average Bonchev–Trinajstić information content (AvgIpc) is 2.34. The molecule has 1 aliphatic heterocycles. The van der Waals surface area contributed by atoms with Gasteiger partial charge in [-0.3, -0.25) is 4.90 Å². The maximum absolute atomic E-state index is 3.40. The number of rotatable bonds is 7. The number of nitrogens with zero attached hydrogens (tertiary/aromatic N) is 2. The molecule has 0 aliphatic carbocycles. The smallest absolute Gasteiger partial charge is 0.0110 e. The van der Waals surface area contributed by atoms with Crippen LogP contribution in [0.3, 0.4) is 0 Å². The van der Waals surface area contributed by atoms with Gasteiger partial charge in [0, 0.05) is 45.3 Å². The summed E-state index contributed by atoms with van der Waals surface area (Å²) in [6.07, 6.45) is 3.93. The number of piperazine rings is 1. The highest BCUT2D eigenvalue weighted by molar-refractivity contribution is 4.71. The lowest BCUT2D eigenvalue weighted by atomic mass is 10.1. The Balaban J connectivity index is 2.18. The summed E-state index contributed by atoms with van der Waals surface area (Å²) in [5.41, 5.74) is 0. The third-order valence-electron chi connectivity index (χ3n) is 3.70. The van der Waals surface area contributed by atoms with Crippen LogP contribution in [-0.2, 0) is 0 Å². The van der Waals surface area contributed by atoms with Gasteiger partial charge in [0.25, 0.3) is 0 Å². The summed E-state index contributed by atoms with van der Waals surface area (Å²) in [5.74, 6) is 0. The molecule has 0 spiro atoms. The van der Waals surface area contributed by atoms with E-state index in [1.807, 2.05) is 0 Å². The zero-order chi connectivity index (χ0) is 11.8. The van der Waals surface area contributed by atoms with E-state index in [2.05, 4.69) is 36.0 Å². The van der Waals surface area contributed by atoms with E-state index in [1.54, 1.807) is 0 Å². The van der Waals surface area contributed by atoms with Crippen LogP contribution in [0.15, 0.2) is 0 Å². The van der Waals surface area contributed by atoms with E-state index < -0.39 is 0 Å². The summed E-state index contributed by atoms with van der Waals surface area (Å²) in [4.78, 5) is 5.12. The summed E-state index contributed by atoms with van der Waals surface area (Å²) in [6.45, 7) is 11.8. The van der Waals surface area contributed by atoms with Crippen LogP contribution in [-0.4, -0.2) is 62.2 Å².